The fourth-order valence-electron chi connectivity index (χ4n) is 1.69. The van der Waals surface area contributed by atoms with Gasteiger partial charge in [-0.2, -0.15) is 0 Å². The zero-order chi connectivity index (χ0) is 11.7. The van der Waals surface area contributed by atoms with Gasteiger partial charge in [-0.3, -0.25) is 0 Å². The van der Waals surface area contributed by atoms with Gasteiger partial charge in [-0.05, 0) is 18.4 Å². The third kappa shape index (κ3) is 1.87. The van der Waals surface area contributed by atoms with Crippen LogP contribution in [0.3, 0.4) is 0 Å². The van der Waals surface area contributed by atoms with Crippen molar-refractivity contribution in [3.63, 3.8) is 0 Å². The van der Waals surface area contributed by atoms with Gasteiger partial charge in [-0.15, -0.1) is 11.3 Å². The topological polar surface area (TPSA) is 66.5 Å². The van der Waals surface area contributed by atoms with E-state index in [0.29, 0.717) is 5.65 Å². The molecule has 0 saturated heterocycles. The lowest BCUT2D eigenvalue weighted by atomic mass is 10.3. The van der Waals surface area contributed by atoms with Gasteiger partial charge >= 0.3 is 0 Å². The molecule has 3 aromatic rings. The highest BCUT2D eigenvalue weighted by Crippen LogP contribution is 2.24. The summed E-state index contributed by atoms with van der Waals surface area (Å²) in [4.78, 5) is 16.7. The summed E-state index contributed by atoms with van der Waals surface area (Å²) in [6.07, 6.45) is 3.15. The summed E-state index contributed by atoms with van der Waals surface area (Å²) in [5.74, 6) is 0.786. The third-order valence-electron chi connectivity index (χ3n) is 2.55. The average Bonchev–Trinajstić information content (AvgIpc) is 3.00. The van der Waals surface area contributed by atoms with Crippen LogP contribution in [-0.2, 0) is 0 Å². The van der Waals surface area contributed by atoms with Gasteiger partial charge in [0.1, 0.15) is 11.8 Å². The van der Waals surface area contributed by atoms with Crippen molar-refractivity contribution in [2.75, 3.05) is 5.32 Å². The number of nitrogens with one attached hydrogen (secondary N) is 2. The maximum atomic E-state index is 4.24. The van der Waals surface area contributed by atoms with E-state index in [2.05, 4.69) is 43.6 Å². The van der Waals surface area contributed by atoms with Gasteiger partial charge in [0.05, 0.1) is 12.4 Å². The first-order valence-corrected chi connectivity index (χ1v) is 6.16. The van der Waals surface area contributed by atoms with Gasteiger partial charge < -0.3 is 10.3 Å². The Morgan fingerprint density at radius 1 is 1.35 bits per heavy atom. The molecular weight excluding hydrogens is 234 g/mol. The molecule has 0 radical (unpaired) electrons. The van der Waals surface area contributed by atoms with E-state index in [4.69, 9.17) is 0 Å². The molecule has 0 amide bonds. The molecule has 0 bridgehead atoms. The molecule has 3 rings (SSSR count). The lowest BCUT2D eigenvalue weighted by Gasteiger charge is -2.12. The first kappa shape index (κ1) is 10.2. The number of thiophene rings is 1. The van der Waals surface area contributed by atoms with Crippen molar-refractivity contribution in [2.45, 2.75) is 13.0 Å². The second kappa shape index (κ2) is 4.14. The zero-order valence-electron chi connectivity index (χ0n) is 9.21. The van der Waals surface area contributed by atoms with Crippen LogP contribution in [0.25, 0.3) is 11.2 Å². The minimum absolute atomic E-state index is 0.219. The van der Waals surface area contributed by atoms with Crippen molar-refractivity contribution in [3.05, 3.63) is 35.0 Å². The molecule has 2 N–H and O–H groups in total. The normalized spacial score (nSPS) is 12.8. The van der Waals surface area contributed by atoms with Crippen molar-refractivity contribution in [2.24, 2.45) is 0 Å². The van der Waals surface area contributed by atoms with Crippen molar-refractivity contribution in [1.82, 2.24) is 19.9 Å². The summed E-state index contributed by atoms with van der Waals surface area (Å²) in [6.45, 7) is 2.11. The molecule has 86 valence electrons. The molecule has 17 heavy (non-hydrogen) atoms. The Bertz CT molecular complexity index is 616. The fraction of sp³-hybridized carbons (Fsp3) is 0.182. The smallest absolute Gasteiger partial charge is 0.182 e. The Balaban J connectivity index is 1.92. The number of hydrogen-bond donors (Lipinski definition) is 2. The predicted molar refractivity (Wildman–Crippen MR) is 68.0 cm³/mol. The van der Waals surface area contributed by atoms with Crippen LogP contribution in [-0.4, -0.2) is 19.9 Å². The highest BCUT2D eigenvalue weighted by molar-refractivity contribution is 7.10. The molecule has 0 saturated carbocycles. The third-order valence-corrected chi connectivity index (χ3v) is 3.60. The van der Waals surface area contributed by atoms with Gasteiger partial charge in [-0.1, -0.05) is 6.07 Å². The van der Waals surface area contributed by atoms with E-state index in [1.165, 1.54) is 11.2 Å². The first-order chi connectivity index (χ1) is 8.34. The van der Waals surface area contributed by atoms with Crippen LogP contribution in [0.4, 0.5) is 5.82 Å². The summed E-state index contributed by atoms with van der Waals surface area (Å²) in [5, 5.41) is 5.43. The Morgan fingerprint density at radius 3 is 3.12 bits per heavy atom. The van der Waals surface area contributed by atoms with Crippen molar-refractivity contribution >= 4 is 28.3 Å². The molecule has 5 nitrogen and oxygen atoms in total. The van der Waals surface area contributed by atoms with Crippen LogP contribution >= 0.6 is 11.3 Å². The summed E-state index contributed by atoms with van der Waals surface area (Å²) in [5.41, 5.74) is 1.52. The second-order valence-electron chi connectivity index (χ2n) is 3.70. The Labute approximate surface area is 102 Å². The van der Waals surface area contributed by atoms with E-state index >= 15 is 0 Å². The van der Waals surface area contributed by atoms with Crippen LogP contribution in [0.15, 0.2) is 30.2 Å². The van der Waals surface area contributed by atoms with E-state index in [1.807, 2.05) is 6.07 Å². The van der Waals surface area contributed by atoms with Gasteiger partial charge in [0.15, 0.2) is 11.5 Å². The maximum absolute atomic E-state index is 4.24. The molecule has 0 aromatic carbocycles. The van der Waals surface area contributed by atoms with E-state index in [9.17, 15) is 0 Å². The number of nitrogens with zero attached hydrogens (tertiary/aromatic N) is 3. The number of aromatic nitrogens is 4. The van der Waals surface area contributed by atoms with Crippen LogP contribution in [0, 0.1) is 0 Å². The molecule has 3 heterocycles. The standard InChI is InChI=1S/C11H11N5S/c1-7(8-3-2-4-17-8)16-11-9-10(13-5-12-9)14-6-15-11/h2-7H,1H3,(H2,12,13,14,15,16). The highest BCUT2D eigenvalue weighted by Gasteiger charge is 2.10. The second-order valence-corrected chi connectivity index (χ2v) is 4.68. The maximum Gasteiger partial charge on any atom is 0.182 e. The molecule has 0 aliphatic rings. The molecular formula is C11H11N5S. The van der Waals surface area contributed by atoms with Crippen LogP contribution in [0.5, 0.6) is 0 Å². The summed E-state index contributed by atoms with van der Waals surface area (Å²) >= 11 is 1.73. The lowest BCUT2D eigenvalue weighted by Crippen LogP contribution is -2.07. The molecule has 1 unspecified atom stereocenters. The number of imidazole rings is 1. The van der Waals surface area contributed by atoms with Gasteiger partial charge in [0.2, 0.25) is 0 Å². The lowest BCUT2D eigenvalue weighted by molar-refractivity contribution is 0.896. The van der Waals surface area contributed by atoms with Gasteiger partial charge in [0.25, 0.3) is 0 Å². The Morgan fingerprint density at radius 2 is 2.29 bits per heavy atom. The largest absolute Gasteiger partial charge is 0.361 e. The molecule has 0 spiro atoms. The van der Waals surface area contributed by atoms with Crippen molar-refractivity contribution in [3.8, 4) is 0 Å². The van der Waals surface area contributed by atoms with Crippen molar-refractivity contribution < 1.29 is 0 Å². The zero-order valence-corrected chi connectivity index (χ0v) is 10.0. The summed E-state index contributed by atoms with van der Waals surface area (Å²) in [7, 11) is 0. The van der Waals surface area contributed by atoms with Crippen LogP contribution in [0.2, 0.25) is 0 Å². The van der Waals surface area contributed by atoms with Gasteiger partial charge in [-0.25, -0.2) is 15.0 Å². The molecule has 0 aliphatic carbocycles. The minimum Gasteiger partial charge on any atom is -0.361 e. The predicted octanol–water partition coefficient (Wildman–Crippen LogP) is 2.59. The number of anilines is 1. The summed E-state index contributed by atoms with van der Waals surface area (Å²) in [6, 6.07) is 4.37. The molecule has 6 heteroatoms. The van der Waals surface area contributed by atoms with E-state index in [-0.39, 0.29) is 6.04 Å². The van der Waals surface area contributed by atoms with Crippen LogP contribution < -0.4 is 5.32 Å². The van der Waals surface area contributed by atoms with E-state index in [1.54, 1.807) is 17.7 Å². The molecule has 1 atom stereocenters. The molecule has 3 aromatic heterocycles. The SMILES string of the molecule is CC(Nc1ncnc2nc[nH]c12)c1cccs1. The average molecular weight is 245 g/mol. The number of aromatic amines is 1. The summed E-state index contributed by atoms with van der Waals surface area (Å²) < 4.78 is 0. The number of hydrogen-bond acceptors (Lipinski definition) is 5. The number of H-pyrrole nitrogens is 1. The number of fused-ring (bicyclic) bond motifs is 1. The first-order valence-electron chi connectivity index (χ1n) is 5.28. The van der Waals surface area contributed by atoms with Gasteiger partial charge in [0, 0.05) is 4.88 Å². The minimum atomic E-state index is 0.219. The van der Waals surface area contributed by atoms with Crippen LogP contribution in [0.1, 0.15) is 17.8 Å². The van der Waals surface area contributed by atoms with Crippen molar-refractivity contribution in [1.29, 1.82) is 0 Å². The fourth-order valence-corrected chi connectivity index (χ4v) is 2.42. The van der Waals surface area contributed by atoms with E-state index in [0.717, 1.165) is 11.3 Å². The highest BCUT2D eigenvalue weighted by atomic mass is 32.1. The quantitative estimate of drug-likeness (QED) is 0.744. The number of rotatable bonds is 3. The Hall–Kier alpha value is -1.95. The molecule has 0 fully saturated rings. The Kier molecular flexibility index (Phi) is 2.49. The van der Waals surface area contributed by atoms with E-state index < -0.39 is 0 Å². The monoisotopic (exact) mass is 245 g/mol. The molecule has 0 aliphatic heterocycles.